The number of aryl methyl sites for hydroxylation is 1. The van der Waals surface area contributed by atoms with E-state index in [4.69, 9.17) is 18.0 Å². The van der Waals surface area contributed by atoms with Crippen LogP contribution in [0.1, 0.15) is 27.0 Å². The lowest BCUT2D eigenvalue weighted by Crippen LogP contribution is -2.15. The number of aromatic hydroxyl groups is 1. The number of nitrogens with two attached hydrogens (primary N) is 1. The Morgan fingerprint density at radius 1 is 1.24 bits per heavy atom. The third-order valence-electron chi connectivity index (χ3n) is 3.32. The molecule has 0 radical (unpaired) electrons. The minimum Gasteiger partial charge on any atom is -0.508 e. The largest absolute Gasteiger partial charge is 0.508 e. The average molecular weight is 300 g/mol. The van der Waals surface area contributed by atoms with Crippen molar-refractivity contribution < 1.29 is 9.90 Å². The first kappa shape index (κ1) is 15.0. The van der Waals surface area contributed by atoms with E-state index in [1.54, 1.807) is 31.2 Å². The monoisotopic (exact) mass is 300 g/mol. The summed E-state index contributed by atoms with van der Waals surface area (Å²) in [5.41, 5.74) is 8.81. The first-order valence-electron chi connectivity index (χ1n) is 6.40. The van der Waals surface area contributed by atoms with Crippen LogP contribution in [0, 0.1) is 13.8 Å². The predicted molar refractivity (Wildman–Crippen MR) is 87.9 cm³/mol. The zero-order valence-electron chi connectivity index (χ0n) is 11.8. The minimum absolute atomic E-state index is 0.0938. The molecule has 5 heteroatoms. The number of rotatable bonds is 3. The summed E-state index contributed by atoms with van der Waals surface area (Å²) in [5.74, 6) is -0.192. The van der Waals surface area contributed by atoms with Crippen LogP contribution < -0.4 is 11.1 Å². The average Bonchev–Trinajstić information content (AvgIpc) is 2.43. The molecule has 0 aliphatic carbocycles. The van der Waals surface area contributed by atoms with E-state index in [0.29, 0.717) is 22.4 Å². The zero-order chi connectivity index (χ0) is 15.6. The fourth-order valence-corrected chi connectivity index (χ4v) is 2.10. The second-order valence-corrected chi connectivity index (χ2v) is 5.24. The van der Waals surface area contributed by atoms with Crippen LogP contribution in [0.5, 0.6) is 5.75 Å². The molecule has 2 aromatic carbocycles. The maximum absolute atomic E-state index is 12.3. The van der Waals surface area contributed by atoms with Gasteiger partial charge in [-0.05, 0) is 37.6 Å². The van der Waals surface area contributed by atoms with Crippen LogP contribution in [-0.2, 0) is 0 Å². The molecule has 0 heterocycles. The molecule has 0 saturated carbocycles. The summed E-state index contributed by atoms with van der Waals surface area (Å²) >= 11 is 4.94. The molecule has 0 unspecified atom stereocenters. The molecular weight excluding hydrogens is 284 g/mol. The van der Waals surface area contributed by atoms with Gasteiger partial charge in [0.05, 0.1) is 0 Å². The van der Waals surface area contributed by atoms with Crippen molar-refractivity contribution in [2.75, 3.05) is 5.32 Å². The minimum atomic E-state index is -0.286. The van der Waals surface area contributed by atoms with E-state index in [-0.39, 0.29) is 16.6 Å². The van der Waals surface area contributed by atoms with E-state index < -0.39 is 0 Å². The summed E-state index contributed by atoms with van der Waals surface area (Å²) in [5, 5.41) is 12.5. The van der Waals surface area contributed by atoms with Crippen LogP contribution in [0.2, 0.25) is 0 Å². The van der Waals surface area contributed by atoms with E-state index in [1.165, 1.54) is 0 Å². The van der Waals surface area contributed by atoms with E-state index in [0.717, 1.165) is 5.56 Å². The Morgan fingerprint density at radius 2 is 1.95 bits per heavy atom. The first-order valence-corrected chi connectivity index (χ1v) is 6.81. The van der Waals surface area contributed by atoms with Crippen molar-refractivity contribution in [3.05, 3.63) is 58.7 Å². The van der Waals surface area contributed by atoms with E-state index >= 15 is 0 Å². The molecule has 0 bridgehead atoms. The van der Waals surface area contributed by atoms with Gasteiger partial charge in [-0.15, -0.1) is 0 Å². The third kappa shape index (κ3) is 3.20. The van der Waals surface area contributed by atoms with Crippen molar-refractivity contribution in [2.24, 2.45) is 5.73 Å². The Morgan fingerprint density at radius 3 is 2.62 bits per heavy atom. The summed E-state index contributed by atoms with van der Waals surface area (Å²) in [6.45, 7) is 3.58. The van der Waals surface area contributed by atoms with Gasteiger partial charge in [0.15, 0.2) is 0 Å². The summed E-state index contributed by atoms with van der Waals surface area (Å²) in [6, 6.07) is 10.2. The van der Waals surface area contributed by atoms with Gasteiger partial charge < -0.3 is 16.2 Å². The molecule has 0 fully saturated rings. The van der Waals surface area contributed by atoms with Gasteiger partial charge in [0.25, 0.3) is 5.91 Å². The van der Waals surface area contributed by atoms with E-state index in [2.05, 4.69) is 5.32 Å². The molecule has 0 spiro atoms. The molecular formula is C16H16N2O2S. The second-order valence-electron chi connectivity index (χ2n) is 4.80. The smallest absolute Gasteiger partial charge is 0.256 e. The maximum atomic E-state index is 12.3. The molecule has 4 N–H and O–H groups in total. The Hall–Kier alpha value is -2.40. The molecule has 0 atom stereocenters. The van der Waals surface area contributed by atoms with Crippen LogP contribution in [0.15, 0.2) is 36.4 Å². The molecule has 2 rings (SSSR count). The van der Waals surface area contributed by atoms with Gasteiger partial charge in [0.1, 0.15) is 10.7 Å². The first-order chi connectivity index (χ1) is 9.90. The summed E-state index contributed by atoms with van der Waals surface area (Å²) in [6.07, 6.45) is 0. The highest BCUT2D eigenvalue weighted by Gasteiger charge is 2.13. The summed E-state index contributed by atoms with van der Waals surface area (Å²) in [7, 11) is 0. The number of thiocarbonyl (C=S) groups is 1. The fourth-order valence-electron chi connectivity index (χ4n) is 1.97. The third-order valence-corrected chi connectivity index (χ3v) is 3.56. The van der Waals surface area contributed by atoms with Crippen LogP contribution in [-0.4, -0.2) is 16.0 Å². The van der Waals surface area contributed by atoms with Crippen molar-refractivity contribution in [3.63, 3.8) is 0 Å². The van der Waals surface area contributed by atoms with Gasteiger partial charge in [-0.1, -0.05) is 30.4 Å². The molecule has 0 aromatic heterocycles. The predicted octanol–water partition coefficient (Wildman–Crippen LogP) is 2.90. The highest BCUT2D eigenvalue weighted by atomic mass is 32.1. The van der Waals surface area contributed by atoms with E-state index in [9.17, 15) is 9.90 Å². The lowest BCUT2D eigenvalue weighted by Gasteiger charge is -2.12. The second kappa shape index (κ2) is 5.93. The molecule has 0 saturated heterocycles. The highest BCUT2D eigenvalue weighted by molar-refractivity contribution is 7.80. The Kier molecular flexibility index (Phi) is 4.23. The number of nitrogens with one attached hydrogen (secondary N) is 1. The van der Waals surface area contributed by atoms with Crippen molar-refractivity contribution in [1.82, 2.24) is 0 Å². The van der Waals surface area contributed by atoms with Gasteiger partial charge in [-0.2, -0.15) is 0 Å². The number of carbonyl (C=O) groups excluding carboxylic acids is 1. The van der Waals surface area contributed by atoms with Crippen molar-refractivity contribution in [3.8, 4) is 5.75 Å². The Labute approximate surface area is 128 Å². The van der Waals surface area contributed by atoms with Crippen molar-refractivity contribution in [1.29, 1.82) is 0 Å². The number of phenolic OH excluding ortho intramolecular Hbond substituents is 1. The van der Waals surface area contributed by atoms with Crippen molar-refractivity contribution >= 4 is 28.8 Å². The SMILES string of the molecule is Cc1ccc(C(N)=S)cc1NC(=O)c1cccc(O)c1C. The number of hydrogen-bond acceptors (Lipinski definition) is 3. The number of hydrogen-bond donors (Lipinski definition) is 3. The molecule has 21 heavy (non-hydrogen) atoms. The van der Waals surface area contributed by atoms with Crippen molar-refractivity contribution in [2.45, 2.75) is 13.8 Å². The summed E-state index contributed by atoms with van der Waals surface area (Å²) < 4.78 is 0. The normalized spacial score (nSPS) is 10.2. The molecule has 0 aliphatic rings. The number of carbonyl (C=O) groups is 1. The molecule has 1 amide bonds. The quantitative estimate of drug-likeness (QED) is 0.762. The van der Waals surface area contributed by atoms with Gasteiger partial charge in [-0.25, -0.2) is 0 Å². The standard InChI is InChI=1S/C16H16N2O2S/c1-9-6-7-11(15(17)21)8-13(9)18-16(20)12-4-3-5-14(19)10(12)2/h3-8,19H,1-2H3,(H2,17,21)(H,18,20). The van der Waals surface area contributed by atoms with Crippen LogP contribution in [0.3, 0.4) is 0 Å². The Balaban J connectivity index is 2.33. The molecule has 2 aromatic rings. The van der Waals surface area contributed by atoms with Crippen LogP contribution in [0.4, 0.5) is 5.69 Å². The van der Waals surface area contributed by atoms with E-state index in [1.807, 2.05) is 19.1 Å². The lowest BCUT2D eigenvalue weighted by molar-refractivity contribution is 0.102. The summed E-state index contributed by atoms with van der Waals surface area (Å²) in [4.78, 5) is 12.6. The van der Waals surface area contributed by atoms with Crippen LogP contribution >= 0.6 is 12.2 Å². The molecule has 4 nitrogen and oxygen atoms in total. The van der Waals surface area contributed by atoms with Gasteiger partial charge in [-0.3, -0.25) is 4.79 Å². The topological polar surface area (TPSA) is 75.3 Å². The number of benzene rings is 2. The number of anilines is 1. The zero-order valence-corrected chi connectivity index (χ0v) is 12.6. The van der Waals surface area contributed by atoms with Gasteiger partial charge in [0.2, 0.25) is 0 Å². The fraction of sp³-hybridized carbons (Fsp3) is 0.125. The lowest BCUT2D eigenvalue weighted by atomic mass is 10.1. The number of amides is 1. The maximum Gasteiger partial charge on any atom is 0.256 e. The van der Waals surface area contributed by atoms with Gasteiger partial charge in [0, 0.05) is 22.4 Å². The van der Waals surface area contributed by atoms with Crippen LogP contribution in [0.25, 0.3) is 0 Å². The van der Waals surface area contributed by atoms with Gasteiger partial charge >= 0.3 is 0 Å². The Bertz CT molecular complexity index is 726. The molecule has 108 valence electrons. The molecule has 0 aliphatic heterocycles. The highest BCUT2D eigenvalue weighted by Crippen LogP contribution is 2.22. The number of phenols is 1.